The molecule has 0 radical (unpaired) electrons. The van der Waals surface area contributed by atoms with E-state index < -0.39 is 12.0 Å². The van der Waals surface area contributed by atoms with Crippen LogP contribution >= 0.6 is 0 Å². The molecule has 3 heterocycles. The second-order valence-corrected chi connectivity index (χ2v) is 9.51. The molecule has 1 aromatic carbocycles. The molecule has 2 amide bonds. The van der Waals surface area contributed by atoms with E-state index in [1.54, 1.807) is 17.0 Å². The Labute approximate surface area is 186 Å². The van der Waals surface area contributed by atoms with Crippen LogP contribution in [0.2, 0.25) is 0 Å². The highest BCUT2D eigenvalue weighted by atomic mass is 16.4. The topological polar surface area (TPSA) is 131 Å². The third kappa shape index (κ3) is 3.26. The Morgan fingerprint density at radius 1 is 1.31 bits per heavy atom. The number of amides is 2. The number of carboxylic acids is 1. The minimum Gasteiger partial charge on any atom is -0.478 e. The van der Waals surface area contributed by atoms with Crippen LogP contribution in [0.4, 0.5) is 0 Å². The Morgan fingerprint density at radius 2 is 2.09 bits per heavy atom. The number of benzene rings is 1. The zero-order valence-electron chi connectivity index (χ0n) is 17.9. The molecule has 1 aliphatic carbocycles. The lowest BCUT2D eigenvalue weighted by molar-refractivity contribution is -0.141. The molecule has 1 unspecified atom stereocenters. The molecule has 1 aromatic rings. The van der Waals surface area contributed by atoms with Crippen LogP contribution in [0.15, 0.2) is 24.3 Å². The lowest BCUT2D eigenvalue weighted by Gasteiger charge is -2.38. The van der Waals surface area contributed by atoms with E-state index in [0.29, 0.717) is 25.4 Å². The van der Waals surface area contributed by atoms with Gasteiger partial charge in [0.2, 0.25) is 11.8 Å². The largest absolute Gasteiger partial charge is 0.478 e. The van der Waals surface area contributed by atoms with Gasteiger partial charge in [0.1, 0.15) is 6.04 Å². The molecule has 168 valence electrons. The molecule has 7 atom stereocenters. The van der Waals surface area contributed by atoms with Crippen molar-refractivity contribution in [3.05, 3.63) is 35.4 Å². The molecule has 0 spiro atoms. The number of hydrogen-bond acceptors (Lipinski definition) is 6. The van der Waals surface area contributed by atoms with Gasteiger partial charge in [-0.1, -0.05) is 12.1 Å². The Kier molecular flexibility index (Phi) is 4.95. The van der Waals surface area contributed by atoms with Crippen molar-refractivity contribution in [3.8, 4) is 6.07 Å². The van der Waals surface area contributed by atoms with Crippen molar-refractivity contribution in [1.29, 1.82) is 5.26 Å². The van der Waals surface area contributed by atoms with E-state index in [0.717, 1.165) is 18.4 Å². The zero-order valence-corrected chi connectivity index (χ0v) is 17.9. The number of carbonyl (C=O) groups is 3. The van der Waals surface area contributed by atoms with Crippen molar-refractivity contribution in [1.82, 2.24) is 14.7 Å². The Balaban J connectivity index is 1.24. The van der Waals surface area contributed by atoms with Crippen molar-refractivity contribution in [2.45, 2.75) is 62.4 Å². The summed E-state index contributed by atoms with van der Waals surface area (Å²) < 4.78 is 0. The lowest BCUT2D eigenvalue weighted by Crippen LogP contribution is -2.57. The lowest BCUT2D eigenvalue weighted by atomic mass is 10.0. The van der Waals surface area contributed by atoms with Crippen LogP contribution < -0.4 is 5.73 Å². The maximum absolute atomic E-state index is 13.2. The van der Waals surface area contributed by atoms with E-state index in [9.17, 15) is 24.8 Å². The highest BCUT2D eigenvalue weighted by Crippen LogP contribution is 2.48. The number of nitrogens with zero attached hydrogens (tertiary/aromatic N) is 4. The molecule has 3 aliphatic heterocycles. The first kappa shape index (κ1) is 20.9. The molecule has 2 bridgehead atoms. The number of nitriles is 1. The predicted molar refractivity (Wildman–Crippen MR) is 113 cm³/mol. The molecule has 9 heteroatoms. The molecule has 5 rings (SSSR count). The van der Waals surface area contributed by atoms with Crippen LogP contribution in [-0.2, 0) is 9.59 Å². The second-order valence-electron chi connectivity index (χ2n) is 9.51. The fraction of sp³-hybridized carbons (Fsp3) is 0.565. The van der Waals surface area contributed by atoms with E-state index in [1.807, 2.05) is 22.8 Å². The summed E-state index contributed by atoms with van der Waals surface area (Å²) in [5, 5.41) is 18.6. The number of hydrogen-bond donors (Lipinski definition) is 2. The van der Waals surface area contributed by atoms with E-state index in [-0.39, 0.29) is 47.6 Å². The van der Waals surface area contributed by atoms with Crippen molar-refractivity contribution >= 4 is 17.8 Å². The van der Waals surface area contributed by atoms with E-state index in [4.69, 9.17) is 5.73 Å². The Bertz CT molecular complexity index is 1020. The molecule has 1 saturated carbocycles. The molecular weight excluding hydrogens is 410 g/mol. The molecule has 3 N–H and O–H groups in total. The van der Waals surface area contributed by atoms with Crippen molar-refractivity contribution in [3.63, 3.8) is 0 Å². The van der Waals surface area contributed by atoms with Crippen LogP contribution in [-0.4, -0.2) is 80.9 Å². The average molecular weight is 438 g/mol. The number of likely N-dealkylation sites (tertiary alicyclic amines) is 3. The number of rotatable bonds is 6. The van der Waals surface area contributed by atoms with E-state index >= 15 is 0 Å². The van der Waals surface area contributed by atoms with Gasteiger partial charge in [0.05, 0.1) is 29.8 Å². The fourth-order valence-electron chi connectivity index (χ4n) is 5.90. The maximum atomic E-state index is 13.2. The van der Waals surface area contributed by atoms with Crippen LogP contribution in [0, 0.1) is 17.2 Å². The first-order valence-corrected chi connectivity index (χ1v) is 11.2. The Hall–Kier alpha value is -2.96. The van der Waals surface area contributed by atoms with Gasteiger partial charge in [-0.05, 0) is 49.8 Å². The third-order valence-electron chi connectivity index (χ3n) is 7.60. The molecule has 3 saturated heterocycles. The van der Waals surface area contributed by atoms with Gasteiger partial charge in [0, 0.05) is 25.2 Å². The highest BCUT2D eigenvalue weighted by molar-refractivity contribution is 5.89. The Morgan fingerprint density at radius 3 is 2.78 bits per heavy atom. The first-order chi connectivity index (χ1) is 15.3. The van der Waals surface area contributed by atoms with Crippen molar-refractivity contribution in [2.24, 2.45) is 11.7 Å². The number of fused-ring (bicyclic) bond motifs is 3. The van der Waals surface area contributed by atoms with Gasteiger partial charge in [-0.3, -0.25) is 14.5 Å². The average Bonchev–Trinajstić information content (AvgIpc) is 3.11. The van der Waals surface area contributed by atoms with Gasteiger partial charge in [-0.2, -0.15) is 5.26 Å². The number of piperazine rings is 1. The number of aromatic carboxylic acids is 1. The molecule has 32 heavy (non-hydrogen) atoms. The van der Waals surface area contributed by atoms with Gasteiger partial charge in [0.15, 0.2) is 0 Å². The number of carbonyl (C=O) groups excluding carboxylic acids is 2. The van der Waals surface area contributed by atoms with Gasteiger partial charge < -0.3 is 20.6 Å². The summed E-state index contributed by atoms with van der Waals surface area (Å²) >= 11 is 0. The number of piperidine rings is 1. The van der Waals surface area contributed by atoms with Gasteiger partial charge in [0.25, 0.3) is 0 Å². The van der Waals surface area contributed by atoms with Crippen LogP contribution in [0.1, 0.15) is 48.1 Å². The zero-order chi connectivity index (χ0) is 22.7. The van der Waals surface area contributed by atoms with Crippen LogP contribution in [0.25, 0.3) is 0 Å². The monoisotopic (exact) mass is 437 g/mol. The molecule has 0 aromatic heterocycles. The first-order valence-electron chi connectivity index (χ1n) is 11.2. The normalized spacial score (nSPS) is 32.5. The standard InChI is InChI=1S/C23H27N5O4/c1-12(13-3-2-4-14(5-13)23(31)32)27-17-8-20(22(27)30)26(10-17)11-18(25)21(29)28-16(9-24)6-15-7-19(15)28/h2-5,12,15-20H,6-8,10-11,25H2,1H3,(H,31,32)/t12-,15+,16-,17?,18-,19-,20+/m0/s1. The van der Waals surface area contributed by atoms with Crippen LogP contribution in [0.5, 0.6) is 0 Å². The summed E-state index contributed by atoms with van der Waals surface area (Å²) in [7, 11) is 0. The molecular formula is C23H27N5O4. The summed E-state index contributed by atoms with van der Waals surface area (Å²) in [6.45, 7) is 2.85. The number of nitrogens with two attached hydrogens (primary N) is 1. The minimum absolute atomic E-state index is 0.00439. The fourth-order valence-corrected chi connectivity index (χ4v) is 5.90. The second kappa shape index (κ2) is 7.57. The van der Waals surface area contributed by atoms with Crippen molar-refractivity contribution < 1.29 is 19.5 Å². The smallest absolute Gasteiger partial charge is 0.335 e. The maximum Gasteiger partial charge on any atom is 0.335 e. The molecule has 4 aliphatic rings. The van der Waals surface area contributed by atoms with E-state index in [2.05, 4.69) is 6.07 Å². The minimum atomic E-state index is -0.993. The summed E-state index contributed by atoms with van der Waals surface area (Å²) in [6, 6.07) is 7.39. The third-order valence-corrected chi connectivity index (χ3v) is 7.60. The summed E-state index contributed by atoms with van der Waals surface area (Å²) in [5.41, 5.74) is 7.25. The SMILES string of the molecule is C[C@@H](c1cccc(C(=O)O)c1)N1C(=O)[C@H]2CC1CN2C[C@H](N)C(=O)N1[C@H](C#N)C[C@@H]2C[C@@H]21. The van der Waals surface area contributed by atoms with Gasteiger partial charge >= 0.3 is 5.97 Å². The van der Waals surface area contributed by atoms with E-state index in [1.165, 1.54) is 6.07 Å². The van der Waals surface area contributed by atoms with Crippen LogP contribution in [0.3, 0.4) is 0 Å². The van der Waals surface area contributed by atoms with Gasteiger partial charge in [-0.25, -0.2) is 4.79 Å². The highest BCUT2D eigenvalue weighted by Gasteiger charge is 2.56. The molecule has 4 fully saturated rings. The van der Waals surface area contributed by atoms with Gasteiger partial charge in [-0.15, -0.1) is 0 Å². The summed E-state index contributed by atoms with van der Waals surface area (Å²) in [4.78, 5) is 42.9. The summed E-state index contributed by atoms with van der Waals surface area (Å²) in [5.74, 6) is -0.748. The predicted octanol–water partition coefficient (Wildman–Crippen LogP) is 0.571. The number of carboxylic acid groups (broad SMARTS) is 1. The summed E-state index contributed by atoms with van der Waals surface area (Å²) in [6.07, 6.45) is 2.37. The quantitative estimate of drug-likeness (QED) is 0.665. The molecule has 9 nitrogen and oxygen atoms in total. The van der Waals surface area contributed by atoms with Crippen molar-refractivity contribution in [2.75, 3.05) is 13.1 Å².